The average Bonchev–Trinajstić information content (AvgIpc) is 2.45. The number of ether oxygens (including phenoxy) is 1. The monoisotopic (exact) mass is 293 g/mol. The van der Waals surface area contributed by atoms with Crippen molar-refractivity contribution in [3.8, 4) is 0 Å². The van der Waals surface area contributed by atoms with Crippen molar-refractivity contribution in [1.29, 1.82) is 0 Å². The minimum atomic E-state index is -1.10. The number of aryl methyl sites for hydroxylation is 1. The minimum Gasteiger partial charge on any atom is -0.362 e. The number of likely N-dealkylation sites (N-methyl/N-ethyl adjacent to an activating group) is 1. The highest BCUT2D eigenvalue weighted by atomic mass is 16.5. The van der Waals surface area contributed by atoms with Crippen LogP contribution in [0, 0.1) is 6.92 Å². The number of carbonyl (C=O) groups is 2. The van der Waals surface area contributed by atoms with Crippen LogP contribution in [0.5, 0.6) is 0 Å². The van der Waals surface area contributed by atoms with Crippen LogP contribution in [0.3, 0.4) is 0 Å². The van der Waals surface area contributed by atoms with Gasteiger partial charge in [0, 0.05) is 19.3 Å². The molecule has 0 bridgehead atoms. The quantitative estimate of drug-likeness (QED) is 0.780. The zero-order valence-corrected chi connectivity index (χ0v) is 12.4. The van der Waals surface area contributed by atoms with Crippen molar-refractivity contribution in [3.63, 3.8) is 0 Å². The smallest absolute Gasteiger partial charge is 0.260 e. The van der Waals surface area contributed by atoms with E-state index in [0.29, 0.717) is 12.2 Å². The zero-order chi connectivity index (χ0) is 15.6. The highest BCUT2D eigenvalue weighted by Gasteiger charge is 2.40. The number of aromatic amines is 1. The molecular weight excluding hydrogens is 274 g/mol. The molecule has 1 aliphatic heterocycles. The normalized spacial score (nSPS) is 22.0. The number of pyridine rings is 1. The number of H-pyrrole nitrogens is 1. The maximum absolute atomic E-state index is 12.4. The largest absolute Gasteiger partial charge is 0.362 e. The molecule has 0 spiro atoms. The van der Waals surface area contributed by atoms with Gasteiger partial charge in [0.15, 0.2) is 5.60 Å². The molecule has 0 aromatic carbocycles. The Balaban J connectivity index is 2.23. The van der Waals surface area contributed by atoms with Crippen molar-refractivity contribution in [2.24, 2.45) is 0 Å². The van der Waals surface area contributed by atoms with E-state index in [0.717, 1.165) is 0 Å². The first-order chi connectivity index (χ1) is 9.87. The van der Waals surface area contributed by atoms with Gasteiger partial charge in [-0.15, -0.1) is 0 Å². The van der Waals surface area contributed by atoms with Crippen LogP contribution in [0.25, 0.3) is 0 Å². The highest BCUT2D eigenvalue weighted by molar-refractivity contribution is 5.95. The summed E-state index contributed by atoms with van der Waals surface area (Å²) in [6.07, 6.45) is 0. The van der Waals surface area contributed by atoms with Gasteiger partial charge in [-0.25, -0.2) is 0 Å². The predicted molar refractivity (Wildman–Crippen MR) is 76.1 cm³/mol. The molecule has 2 rings (SSSR count). The van der Waals surface area contributed by atoms with E-state index in [4.69, 9.17) is 4.74 Å². The maximum atomic E-state index is 12.4. The Morgan fingerprint density at radius 3 is 2.76 bits per heavy atom. The Kier molecular flexibility index (Phi) is 4.13. The van der Waals surface area contributed by atoms with Crippen molar-refractivity contribution < 1.29 is 14.3 Å². The summed E-state index contributed by atoms with van der Waals surface area (Å²) in [6.45, 7) is 4.08. The first-order valence-electron chi connectivity index (χ1n) is 6.73. The summed E-state index contributed by atoms with van der Waals surface area (Å²) < 4.78 is 5.49. The van der Waals surface area contributed by atoms with Crippen LogP contribution in [0.15, 0.2) is 16.9 Å². The number of carbonyl (C=O) groups excluding carboxylic acids is 2. The van der Waals surface area contributed by atoms with Gasteiger partial charge in [-0.05, 0) is 26.0 Å². The first-order valence-corrected chi connectivity index (χ1v) is 6.73. The summed E-state index contributed by atoms with van der Waals surface area (Å²) in [7, 11) is 1.52. The van der Waals surface area contributed by atoms with Crippen LogP contribution in [0.1, 0.15) is 23.0 Å². The molecule has 1 aromatic heterocycles. The van der Waals surface area contributed by atoms with Crippen molar-refractivity contribution in [3.05, 3.63) is 33.7 Å². The summed E-state index contributed by atoms with van der Waals surface area (Å²) in [6, 6.07) is 3.18. The van der Waals surface area contributed by atoms with Gasteiger partial charge in [0.2, 0.25) is 0 Å². The second-order valence-electron chi connectivity index (χ2n) is 5.27. The third-order valence-electron chi connectivity index (χ3n) is 3.55. The maximum Gasteiger partial charge on any atom is 0.260 e. The molecule has 21 heavy (non-hydrogen) atoms. The number of hydrogen-bond acceptors (Lipinski definition) is 4. The van der Waals surface area contributed by atoms with E-state index in [-0.39, 0.29) is 24.6 Å². The molecule has 1 saturated heterocycles. The Morgan fingerprint density at radius 1 is 1.43 bits per heavy atom. The van der Waals surface area contributed by atoms with Crippen molar-refractivity contribution in [2.75, 3.05) is 26.7 Å². The van der Waals surface area contributed by atoms with Crippen LogP contribution in [0.2, 0.25) is 0 Å². The second kappa shape index (κ2) is 5.69. The van der Waals surface area contributed by atoms with E-state index in [9.17, 15) is 14.4 Å². The second-order valence-corrected chi connectivity index (χ2v) is 5.27. The lowest BCUT2D eigenvalue weighted by Gasteiger charge is -2.38. The molecular formula is C14H19N3O4. The van der Waals surface area contributed by atoms with Gasteiger partial charge in [0.1, 0.15) is 5.56 Å². The Labute approximate surface area is 122 Å². The van der Waals surface area contributed by atoms with Crippen LogP contribution in [-0.2, 0) is 9.53 Å². The number of nitrogens with one attached hydrogen (secondary N) is 2. The molecule has 2 amide bonds. The minimum absolute atomic E-state index is 0.0711. The van der Waals surface area contributed by atoms with Crippen LogP contribution in [-0.4, -0.2) is 54.0 Å². The number of nitrogens with zero attached hydrogens (tertiary/aromatic N) is 1. The highest BCUT2D eigenvalue weighted by Crippen LogP contribution is 2.19. The van der Waals surface area contributed by atoms with Gasteiger partial charge in [-0.2, -0.15) is 0 Å². The first kappa shape index (κ1) is 15.2. The lowest BCUT2D eigenvalue weighted by molar-refractivity contribution is -0.153. The Hall–Kier alpha value is -2.15. The molecule has 0 aliphatic carbocycles. The molecule has 0 unspecified atom stereocenters. The van der Waals surface area contributed by atoms with Gasteiger partial charge in [-0.3, -0.25) is 14.4 Å². The van der Waals surface area contributed by atoms with E-state index in [2.05, 4.69) is 10.3 Å². The molecule has 7 heteroatoms. The number of rotatable bonds is 2. The van der Waals surface area contributed by atoms with E-state index in [1.54, 1.807) is 19.9 Å². The molecule has 1 atom stereocenters. The summed E-state index contributed by atoms with van der Waals surface area (Å²) in [5, 5.41) is 2.52. The van der Waals surface area contributed by atoms with Crippen molar-refractivity contribution in [2.45, 2.75) is 19.4 Å². The molecule has 1 aliphatic rings. The number of amides is 2. The van der Waals surface area contributed by atoms with Gasteiger partial charge in [0.05, 0.1) is 13.2 Å². The fourth-order valence-electron chi connectivity index (χ4n) is 2.36. The summed E-state index contributed by atoms with van der Waals surface area (Å²) in [4.78, 5) is 40.2. The molecule has 114 valence electrons. The zero-order valence-electron chi connectivity index (χ0n) is 12.4. The molecule has 0 radical (unpaired) electrons. The fourth-order valence-corrected chi connectivity index (χ4v) is 2.36. The van der Waals surface area contributed by atoms with Gasteiger partial charge in [0.25, 0.3) is 17.4 Å². The van der Waals surface area contributed by atoms with Crippen molar-refractivity contribution >= 4 is 11.8 Å². The van der Waals surface area contributed by atoms with Crippen molar-refractivity contribution in [1.82, 2.24) is 15.2 Å². The number of morpholine rings is 1. The third-order valence-corrected chi connectivity index (χ3v) is 3.55. The molecule has 2 N–H and O–H groups in total. The molecule has 1 aromatic rings. The molecule has 7 nitrogen and oxygen atoms in total. The topological polar surface area (TPSA) is 91.5 Å². The van der Waals surface area contributed by atoms with Crippen LogP contribution >= 0.6 is 0 Å². The Bertz CT molecular complexity index is 625. The van der Waals surface area contributed by atoms with E-state index in [1.807, 2.05) is 0 Å². The van der Waals surface area contributed by atoms with Gasteiger partial charge < -0.3 is 19.9 Å². The lowest BCUT2D eigenvalue weighted by atomic mass is 10.0. The third kappa shape index (κ3) is 2.97. The predicted octanol–water partition coefficient (Wildman–Crippen LogP) is -0.340. The number of hydrogen-bond donors (Lipinski definition) is 2. The van der Waals surface area contributed by atoms with Gasteiger partial charge >= 0.3 is 0 Å². The SMILES string of the molecule is CNC(=O)[C@@]1(C)CN(C(=O)c2ccc(C)[nH]c2=O)CCO1. The summed E-state index contributed by atoms with van der Waals surface area (Å²) >= 11 is 0. The van der Waals surface area contributed by atoms with Crippen LogP contribution < -0.4 is 10.9 Å². The standard InChI is InChI=1S/C14H19N3O4/c1-9-4-5-10(11(18)16-9)12(19)17-6-7-21-14(2,8-17)13(20)15-3/h4-5H,6-8H2,1-3H3,(H,15,20)(H,16,18)/t14-/m1/s1. The Morgan fingerprint density at radius 2 is 2.14 bits per heavy atom. The van der Waals surface area contributed by atoms with E-state index < -0.39 is 17.1 Å². The average molecular weight is 293 g/mol. The van der Waals surface area contributed by atoms with Crippen LogP contribution in [0.4, 0.5) is 0 Å². The summed E-state index contributed by atoms with van der Waals surface area (Å²) in [5.74, 6) is -0.688. The van der Waals surface area contributed by atoms with Gasteiger partial charge in [-0.1, -0.05) is 0 Å². The lowest BCUT2D eigenvalue weighted by Crippen LogP contribution is -2.59. The molecule has 2 heterocycles. The number of aromatic nitrogens is 1. The molecule has 1 fully saturated rings. The summed E-state index contributed by atoms with van der Waals surface area (Å²) in [5.41, 5.74) is -0.760. The van der Waals surface area contributed by atoms with E-state index >= 15 is 0 Å². The van der Waals surface area contributed by atoms with E-state index in [1.165, 1.54) is 18.0 Å². The molecule has 0 saturated carbocycles. The fraction of sp³-hybridized carbons (Fsp3) is 0.500.